The number of ether oxygens (including phenoxy) is 1. The second kappa shape index (κ2) is 9.06. The molecule has 1 aliphatic rings. The topological polar surface area (TPSA) is 63.7 Å². The standard InChI is InChI=1S/C18H27NO4S/c1-2-3-12-19(16-11-14-24(21,22)15-16)18(20)10-7-13-23-17-8-5-4-6-9-17/h4-6,8-9,16H,2-3,7,10-15H2,1H3. The molecule has 0 aliphatic carbocycles. The predicted molar refractivity (Wildman–Crippen MR) is 94.9 cm³/mol. The Bertz CT molecular complexity index is 615. The number of rotatable bonds is 9. The fraction of sp³-hybridized carbons (Fsp3) is 0.611. The molecule has 1 heterocycles. The van der Waals surface area contributed by atoms with E-state index < -0.39 is 9.84 Å². The van der Waals surface area contributed by atoms with Crippen molar-refractivity contribution in [2.75, 3.05) is 24.7 Å². The highest BCUT2D eigenvalue weighted by Crippen LogP contribution is 2.20. The first kappa shape index (κ1) is 18.8. The summed E-state index contributed by atoms with van der Waals surface area (Å²) in [7, 11) is -2.98. The van der Waals surface area contributed by atoms with Crippen LogP contribution < -0.4 is 4.74 Å². The smallest absolute Gasteiger partial charge is 0.222 e. The van der Waals surface area contributed by atoms with Crippen molar-refractivity contribution in [3.63, 3.8) is 0 Å². The van der Waals surface area contributed by atoms with E-state index in [0.29, 0.717) is 32.4 Å². The summed E-state index contributed by atoms with van der Waals surface area (Å²) in [5.41, 5.74) is 0. The summed E-state index contributed by atoms with van der Waals surface area (Å²) < 4.78 is 29.0. The molecule has 0 saturated carbocycles. The molecule has 1 saturated heterocycles. The molecule has 1 unspecified atom stereocenters. The van der Waals surface area contributed by atoms with Crippen LogP contribution in [0.4, 0.5) is 0 Å². The first-order valence-corrected chi connectivity index (χ1v) is 10.5. The summed E-state index contributed by atoms with van der Waals surface area (Å²) in [6.45, 7) is 3.21. The highest BCUT2D eigenvalue weighted by atomic mass is 32.2. The van der Waals surface area contributed by atoms with Crippen LogP contribution in [0.2, 0.25) is 0 Å². The molecule has 6 heteroatoms. The lowest BCUT2D eigenvalue weighted by molar-refractivity contribution is -0.133. The molecular weight excluding hydrogens is 326 g/mol. The van der Waals surface area contributed by atoms with Crippen LogP contribution in [-0.2, 0) is 14.6 Å². The van der Waals surface area contributed by atoms with E-state index in [9.17, 15) is 13.2 Å². The third-order valence-corrected chi connectivity index (χ3v) is 6.02. The van der Waals surface area contributed by atoms with Gasteiger partial charge in [0.1, 0.15) is 5.75 Å². The fourth-order valence-electron chi connectivity index (χ4n) is 2.93. The molecule has 0 bridgehead atoms. The van der Waals surface area contributed by atoms with Gasteiger partial charge in [-0.2, -0.15) is 0 Å². The number of carbonyl (C=O) groups is 1. The molecule has 1 amide bonds. The van der Waals surface area contributed by atoms with Crippen molar-refractivity contribution in [3.8, 4) is 5.75 Å². The summed E-state index contributed by atoms with van der Waals surface area (Å²) >= 11 is 0. The lowest BCUT2D eigenvalue weighted by Crippen LogP contribution is -2.41. The average molecular weight is 353 g/mol. The van der Waals surface area contributed by atoms with Gasteiger partial charge in [-0.25, -0.2) is 8.42 Å². The van der Waals surface area contributed by atoms with Crippen LogP contribution in [0.5, 0.6) is 5.75 Å². The molecule has 134 valence electrons. The number of hydrogen-bond donors (Lipinski definition) is 0. The van der Waals surface area contributed by atoms with Crippen LogP contribution in [0, 0.1) is 0 Å². The number of carbonyl (C=O) groups excluding carboxylic acids is 1. The minimum Gasteiger partial charge on any atom is -0.494 e. The van der Waals surface area contributed by atoms with E-state index >= 15 is 0 Å². The molecule has 1 aliphatic heterocycles. The number of unbranched alkanes of at least 4 members (excludes halogenated alkanes) is 1. The SMILES string of the molecule is CCCCN(C(=O)CCCOc1ccccc1)C1CCS(=O)(=O)C1. The quantitative estimate of drug-likeness (QED) is 0.640. The summed E-state index contributed by atoms with van der Waals surface area (Å²) in [6.07, 6.45) is 3.49. The maximum Gasteiger partial charge on any atom is 0.222 e. The number of para-hydroxylation sites is 1. The van der Waals surface area contributed by atoms with Crippen LogP contribution in [-0.4, -0.2) is 49.9 Å². The highest BCUT2D eigenvalue weighted by molar-refractivity contribution is 7.91. The van der Waals surface area contributed by atoms with Gasteiger partial charge in [0.05, 0.1) is 18.1 Å². The van der Waals surface area contributed by atoms with Crippen molar-refractivity contribution in [2.24, 2.45) is 0 Å². The molecule has 0 spiro atoms. The monoisotopic (exact) mass is 353 g/mol. The zero-order valence-corrected chi connectivity index (χ0v) is 15.1. The van der Waals surface area contributed by atoms with Gasteiger partial charge in [0.25, 0.3) is 0 Å². The number of sulfone groups is 1. The van der Waals surface area contributed by atoms with E-state index in [1.807, 2.05) is 30.3 Å². The molecule has 2 rings (SSSR count). The maximum absolute atomic E-state index is 12.5. The third kappa shape index (κ3) is 5.82. The first-order chi connectivity index (χ1) is 11.5. The fourth-order valence-corrected chi connectivity index (χ4v) is 4.67. The Balaban J connectivity index is 1.81. The molecule has 24 heavy (non-hydrogen) atoms. The van der Waals surface area contributed by atoms with E-state index in [-0.39, 0.29) is 23.5 Å². The number of hydrogen-bond acceptors (Lipinski definition) is 4. The maximum atomic E-state index is 12.5. The molecular formula is C18H27NO4S. The van der Waals surface area contributed by atoms with Crippen LogP contribution in [0.3, 0.4) is 0 Å². The van der Waals surface area contributed by atoms with Gasteiger partial charge in [-0.15, -0.1) is 0 Å². The minimum absolute atomic E-state index is 0.0437. The second-order valence-corrected chi connectivity index (χ2v) is 8.49. The van der Waals surface area contributed by atoms with Crippen LogP contribution in [0.25, 0.3) is 0 Å². The number of amides is 1. The van der Waals surface area contributed by atoms with Gasteiger partial charge in [0.2, 0.25) is 5.91 Å². The predicted octanol–water partition coefficient (Wildman–Crippen LogP) is 2.66. The third-order valence-electron chi connectivity index (χ3n) is 4.27. The van der Waals surface area contributed by atoms with Gasteiger partial charge in [0, 0.05) is 19.0 Å². The number of benzene rings is 1. The highest BCUT2D eigenvalue weighted by Gasteiger charge is 2.33. The van der Waals surface area contributed by atoms with Crippen molar-refractivity contribution in [2.45, 2.75) is 45.1 Å². The van der Waals surface area contributed by atoms with E-state index in [1.54, 1.807) is 4.90 Å². The zero-order valence-electron chi connectivity index (χ0n) is 14.3. The Morgan fingerprint density at radius 2 is 2.00 bits per heavy atom. The molecule has 0 aromatic heterocycles. The molecule has 1 fully saturated rings. The molecule has 0 N–H and O–H groups in total. The van der Waals surface area contributed by atoms with E-state index in [4.69, 9.17) is 4.74 Å². The van der Waals surface area contributed by atoms with E-state index in [2.05, 4.69) is 6.92 Å². The van der Waals surface area contributed by atoms with Crippen molar-refractivity contribution in [1.29, 1.82) is 0 Å². The van der Waals surface area contributed by atoms with Gasteiger partial charge in [-0.3, -0.25) is 4.79 Å². The summed E-state index contributed by atoms with van der Waals surface area (Å²) in [6, 6.07) is 9.37. The van der Waals surface area contributed by atoms with Crippen molar-refractivity contribution < 1.29 is 17.9 Å². The van der Waals surface area contributed by atoms with Crippen LogP contribution in [0.1, 0.15) is 39.0 Å². The van der Waals surface area contributed by atoms with Gasteiger partial charge >= 0.3 is 0 Å². The van der Waals surface area contributed by atoms with Crippen molar-refractivity contribution in [3.05, 3.63) is 30.3 Å². The zero-order chi connectivity index (χ0) is 17.4. The summed E-state index contributed by atoms with van der Waals surface area (Å²) in [4.78, 5) is 14.3. The van der Waals surface area contributed by atoms with Gasteiger partial charge < -0.3 is 9.64 Å². The largest absolute Gasteiger partial charge is 0.494 e. The Morgan fingerprint density at radius 1 is 1.25 bits per heavy atom. The van der Waals surface area contributed by atoms with Crippen LogP contribution in [0.15, 0.2) is 30.3 Å². The average Bonchev–Trinajstić information content (AvgIpc) is 2.93. The van der Waals surface area contributed by atoms with E-state index in [0.717, 1.165) is 18.6 Å². The summed E-state index contributed by atoms with van der Waals surface area (Å²) in [5, 5.41) is 0. The summed E-state index contributed by atoms with van der Waals surface area (Å²) in [5.74, 6) is 1.16. The second-order valence-electron chi connectivity index (χ2n) is 6.26. The van der Waals surface area contributed by atoms with Crippen LogP contribution >= 0.6 is 0 Å². The Labute approximate surface area is 144 Å². The lowest BCUT2D eigenvalue weighted by Gasteiger charge is -2.28. The molecule has 1 atom stereocenters. The Kier molecular flexibility index (Phi) is 7.09. The molecule has 1 aromatic rings. The van der Waals surface area contributed by atoms with Crippen molar-refractivity contribution >= 4 is 15.7 Å². The lowest BCUT2D eigenvalue weighted by atomic mass is 10.1. The first-order valence-electron chi connectivity index (χ1n) is 8.69. The number of nitrogens with zero attached hydrogens (tertiary/aromatic N) is 1. The van der Waals surface area contributed by atoms with Gasteiger partial charge in [-0.1, -0.05) is 31.5 Å². The van der Waals surface area contributed by atoms with Gasteiger partial charge in [0.15, 0.2) is 9.84 Å². The molecule has 0 radical (unpaired) electrons. The Morgan fingerprint density at radius 3 is 2.62 bits per heavy atom. The Hall–Kier alpha value is -1.56. The van der Waals surface area contributed by atoms with E-state index in [1.165, 1.54) is 0 Å². The van der Waals surface area contributed by atoms with Gasteiger partial charge in [-0.05, 0) is 31.4 Å². The molecule has 5 nitrogen and oxygen atoms in total. The normalized spacial score (nSPS) is 19.1. The van der Waals surface area contributed by atoms with Crippen molar-refractivity contribution in [1.82, 2.24) is 4.90 Å². The molecule has 1 aromatic carbocycles. The minimum atomic E-state index is -2.98.